The molecule has 0 saturated heterocycles. The van der Waals surface area contributed by atoms with Gasteiger partial charge >= 0.3 is 0 Å². The van der Waals surface area contributed by atoms with Gasteiger partial charge in [-0.15, -0.1) is 11.3 Å². The Kier molecular flexibility index (Phi) is 6.11. The van der Waals surface area contributed by atoms with Crippen LogP contribution in [0.1, 0.15) is 29.0 Å². The number of fused-ring (bicyclic) bond motifs is 3. The van der Waals surface area contributed by atoms with Crippen molar-refractivity contribution in [1.29, 1.82) is 0 Å². The van der Waals surface area contributed by atoms with Crippen LogP contribution in [0.25, 0.3) is 10.2 Å². The van der Waals surface area contributed by atoms with E-state index in [0.717, 1.165) is 29.0 Å². The smallest absolute Gasteiger partial charge is 0.246 e. The van der Waals surface area contributed by atoms with E-state index in [2.05, 4.69) is 34.3 Å². The maximum Gasteiger partial charge on any atom is 0.246 e. The zero-order chi connectivity index (χ0) is 21.1. The van der Waals surface area contributed by atoms with Crippen LogP contribution in [-0.4, -0.2) is 52.9 Å². The van der Waals surface area contributed by atoms with Crippen molar-refractivity contribution in [2.45, 2.75) is 25.9 Å². The Morgan fingerprint density at radius 3 is 2.87 bits per heavy atom. The number of amides is 1. The number of benzene rings is 1. The molecule has 0 spiro atoms. The summed E-state index contributed by atoms with van der Waals surface area (Å²) in [5.41, 5.74) is 2.49. The predicted octanol–water partition coefficient (Wildman–Crippen LogP) is 3.87. The molecule has 1 amide bonds. The van der Waals surface area contributed by atoms with Gasteiger partial charge in [0.05, 0.1) is 11.9 Å². The van der Waals surface area contributed by atoms with Crippen molar-refractivity contribution >= 4 is 33.3 Å². The highest BCUT2D eigenvalue weighted by Crippen LogP contribution is 2.38. The number of carbonyl (C=O) groups excluding carboxylic acids is 1. The number of hydrogen-bond acceptors (Lipinski definition) is 6. The van der Waals surface area contributed by atoms with E-state index in [1.165, 1.54) is 16.0 Å². The summed E-state index contributed by atoms with van der Waals surface area (Å²) in [5.74, 6) is 0.946. The van der Waals surface area contributed by atoms with Gasteiger partial charge in [0.1, 0.15) is 17.0 Å². The summed E-state index contributed by atoms with van der Waals surface area (Å²) in [5, 5.41) is 4.68. The Labute approximate surface area is 181 Å². The second kappa shape index (κ2) is 8.93. The summed E-state index contributed by atoms with van der Waals surface area (Å²) in [4.78, 5) is 27.8. The second-order valence-corrected chi connectivity index (χ2v) is 8.94. The van der Waals surface area contributed by atoms with Gasteiger partial charge in [0.2, 0.25) is 5.91 Å². The highest BCUT2D eigenvalue weighted by atomic mass is 32.1. The Morgan fingerprint density at radius 2 is 2.10 bits per heavy atom. The van der Waals surface area contributed by atoms with Crippen LogP contribution < -0.4 is 5.32 Å². The molecule has 0 bridgehead atoms. The molecule has 3 heterocycles. The van der Waals surface area contributed by atoms with Crippen molar-refractivity contribution in [2.75, 3.05) is 32.5 Å². The zero-order valence-corrected chi connectivity index (χ0v) is 18.4. The molecule has 6 nitrogen and oxygen atoms in total. The molecule has 3 aromatic rings. The van der Waals surface area contributed by atoms with Crippen LogP contribution in [0.2, 0.25) is 0 Å². The first-order valence-electron chi connectivity index (χ1n) is 10.2. The van der Waals surface area contributed by atoms with Gasteiger partial charge in [-0.25, -0.2) is 9.97 Å². The van der Waals surface area contributed by atoms with Crippen molar-refractivity contribution in [1.82, 2.24) is 19.8 Å². The third-order valence-electron chi connectivity index (χ3n) is 5.33. The van der Waals surface area contributed by atoms with E-state index in [1.54, 1.807) is 23.7 Å². The van der Waals surface area contributed by atoms with Gasteiger partial charge in [-0.3, -0.25) is 4.79 Å². The highest BCUT2D eigenvalue weighted by molar-refractivity contribution is 7.19. The Balaban J connectivity index is 1.56. The minimum absolute atomic E-state index is 0.0714. The lowest BCUT2D eigenvalue weighted by molar-refractivity contribution is -0.126. The third-order valence-corrected chi connectivity index (χ3v) is 6.46. The van der Waals surface area contributed by atoms with Crippen LogP contribution in [-0.2, 0) is 17.8 Å². The topological polar surface area (TPSA) is 61.4 Å². The molecule has 0 fully saturated rings. The number of likely N-dealkylation sites (N-methyl/N-ethyl adjacent to an activating group) is 1. The maximum atomic E-state index is 12.6. The van der Waals surface area contributed by atoms with Crippen LogP contribution in [0.15, 0.2) is 48.8 Å². The summed E-state index contributed by atoms with van der Waals surface area (Å²) in [6.45, 7) is 4.25. The fourth-order valence-electron chi connectivity index (χ4n) is 3.73. The van der Waals surface area contributed by atoms with Crippen molar-refractivity contribution in [3.63, 3.8) is 0 Å². The maximum absolute atomic E-state index is 12.6. The Hall–Kier alpha value is -2.77. The standard InChI is InChI=1S/C23H27N5OS/c1-16(17-8-5-4-6-9-17)26-22-21-18-11-13-28(20(29)10-7-12-27(2)3)14-19(18)30-23(21)25-15-24-22/h4-10,15-16H,11-14H2,1-3H3,(H,24,25,26)/b10-7+/t16-/m0/s1. The van der Waals surface area contributed by atoms with Crippen LogP contribution in [0.4, 0.5) is 5.82 Å². The molecule has 0 saturated carbocycles. The fourth-order valence-corrected chi connectivity index (χ4v) is 4.93. The van der Waals surface area contributed by atoms with E-state index >= 15 is 0 Å². The Bertz CT molecular complexity index is 1060. The number of carbonyl (C=O) groups is 1. The lowest BCUT2D eigenvalue weighted by Gasteiger charge is -2.26. The number of nitrogens with one attached hydrogen (secondary N) is 1. The highest BCUT2D eigenvalue weighted by Gasteiger charge is 2.25. The first-order chi connectivity index (χ1) is 14.5. The molecule has 2 aromatic heterocycles. The van der Waals surface area contributed by atoms with E-state index in [1.807, 2.05) is 48.2 Å². The number of anilines is 1. The van der Waals surface area contributed by atoms with E-state index < -0.39 is 0 Å². The van der Waals surface area contributed by atoms with Gasteiger partial charge in [0.25, 0.3) is 0 Å². The normalized spacial score (nSPS) is 15.0. The molecule has 0 unspecified atom stereocenters. The van der Waals surface area contributed by atoms with Gasteiger partial charge in [-0.1, -0.05) is 36.4 Å². The van der Waals surface area contributed by atoms with E-state index in [-0.39, 0.29) is 11.9 Å². The van der Waals surface area contributed by atoms with Gasteiger partial charge in [0.15, 0.2) is 0 Å². The molecule has 7 heteroatoms. The van der Waals surface area contributed by atoms with Crippen molar-refractivity contribution in [3.05, 3.63) is 64.8 Å². The number of nitrogens with zero attached hydrogens (tertiary/aromatic N) is 4. The van der Waals surface area contributed by atoms with Gasteiger partial charge < -0.3 is 15.1 Å². The molecular formula is C23H27N5OS. The summed E-state index contributed by atoms with van der Waals surface area (Å²) >= 11 is 1.67. The minimum Gasteiger partial charge on any atom is -0.363 e. The van der Waals surface area contributed by atoms with Gasteiger partial charge in [-0.05, 0) is 38.6 Å². The molecule has 1 aliphatic rings. The summed E-state index contributed by atoms with van der Waals surface area (Å²) in [6.07, 6.45) is 6.05. The quantitative estimate of drug-likeness (QED) is 0.612. The van der Waals surface area contributed by atoms with Crippen molar-refractivity contribution < 1.29 is 4.79 Å². The number of aromatic nitrogens is 2. The molecular weight excluding hydrogens is 394 g/mol. The van der Waals surface area contributed by atoms with E-state index in [0.29, 0.717) is 13.1 Å². The minimum atomic E-state index is 0.0714. The molecule has 156 valence electrons. The molecule has 1 N–H and O–H groups in total. The van der Waals surface area contributed by atoms with Gasteiger partial charge in [-0.2, -0.15) is 0 Å². The third kappa shape index (κ3) is 4.37. The van der Waals surface area contributed by atoms with Crippen LogP contribution >= 0.6 is 11.3 Å². The van der Waals surface area contributed by atoms with E-state index in [4.69, 9.17) is 0 Å². The molecule has 4 rings (SSSR count). The summed E-state index contributed by atoms with van der Waals surface area (Å²) in [6, 6.07) is 10.5. The van der Waals surface area contributed by atoms with Crippen molar-refractivity contribution in [2.24, 2.45) is 0 Å². The second-order valence-electron chi connectivity index (χ2n) is 7.86. The lowest BCUT2D eigenvalue weighted by atomic mass is 10.0. The van der Waals surface area contributed by atoms with Crippen LogP contribution in [0.3, 0.4) is 0 Å². The number of thiophene rings is 1. The molecule has 1 atom stereocenters. The monoisotopic (exact) mass is 421 g/mol. The summed E-state index contributed by atoms with van der Waals surface area (Å²) < 4.78 is 0. The Morgan fingerprint density at radius 1 is 1.30 bits per heavy atom. The largest absolute Gasteiger partial charge is 0.363 e. The average molecular weight is 422 g/mol. The number of rotatable bonds is 6. The molecule has 1 aromatic carbocycles. The first-order valence-corrected chi connectivity index (χ1v) is 11.0. The lowest BCUT2D eigenvalue weighted by Crippen LogP contribution is -2.34. The molecule has 0 radical (unpaired) electrons. The molecule has 1 aliphatic heterocycles. The fraction of sp³-hybridized carbons (Fsp3) is 0.348. The SMILES string of the molecule is C[C@H](Nc1ncnc2sc3c(c12)CCN(C(=O)/C=C/CN(C)C)C3)c1ccccc1. The van der Waals surface area contributed by atoms with Crippen LogP contribution in [0, 0.1) is 0 Å². The van der Waals surface area contributed by atoms with E-state index in [9.17, 15) is 4.79 Å². The van der Waals surface area contributed by atoms with Gasteiger partial charge in [0, 0.05) is 30.1 Å². The summed E-state index contributed by atoms with van der Waals surface area (Å²) in [7, 11) is 3.98. The van der Waals surface area contributed by atoms with Crippen molar-refractivity contribution in [3.8, 4) is 0 Å². The predicted molar refractivity (Wildman–Crippen MR) is 123 cm³/mol. The number of hydrogen-bond donors (Lipinski definition) is 1. The molecule has 30 heavy (non-hydrogen) atoms. The first kappa shape index (κ1) is 20.5. The van der Waals surface area contributed by atoms with Crippen LogP contribution in [0.5, 0.6) is 0 Å². The average Bonchev–Trinajstić information content (AvgIpc) is 3.12. The molecule has 0 aliphatic carbocycles. The zero-order valence-electron chi connectivity index (χ0n) is 17.6.